The number of ether oxygens (including phenoxy) is 1. The van der Waals surface area contributed by atoms with Crippen molar-refractivity contribution in [1.82, 2.24) is 9.47 Å². The fraction of sp³-hybridized carbons (Fsp3) is 0.300. The van der Waals surface area contributed by atoms with Gasteiger partial charge in [0.25, 0.3) is 0 Å². The Morgan fingerprint density at radius 1 is 1.00 bits per heavy atom. The van der Waals surface area contributed by atoms with Crippen LogP contribution in [-0.4, -0.2) is 22.6 Å². The van der Waals surface area contributed by atoms with Crippen molar-refractivity contribution in [1.29, 1.82) is 0 Å². The first-order chi connectivity index (χ1) is 17.5. The van der Waals surface area contributed by atoms with Crippen LogP contribution in [0.4, 0.5) is 10.5 Å². The molecule has 0 bridgehead atoms. The zero-order valence-corrected chi connectivity index (χ0v) is 21.8. The monoisotopic (exact) mass is 497 g/mol. The van der Waals surface area contributed by atoms with Crippen LogP contribution in [0.25, 0.3) is 5.00 Å². The van der Waals surface area contributed by atoms with E-state index < -0.39 is 0 Å². The molecule has 0 radical (unpaired) electrons. The lowest BCUT2D eigenvalue weighted by atomic mass is 9.95. The van der Waals surface area contributed by atoms with Gasteiger partial charge < -0.3 is 19.5 Å². The standard InChI is InChI=1S/C30H31N3O2S/c1-19-10-13-22(17-20(19)2)31-30(34)33-18-25-24-7-4-5-9-27(24)36-29(25)32-16-6-8-26(32)28(33)21-11-14-23(35-3)15-12-21/h6,8,10-17,28H,4-5,7,9,18H2,1-3H3,(H,31,34)/t28-/m1/s1. The van der Waals surface area contributed by atoms with Gasteiger partial charge in [-0.25, -0.2) is 4.79 Å². The summed E-state index contributed by atoms with van der Waals surface area (Å²) < 4.78 is 7.73. The van der Waals surface area contributed by atoms with Crippen molar-refractivity contribution in [2.45, 2.75) is 52.1 Å². The van der Waals surface area contributed by atoms with Gasteiger partial charge in [0.1, 0.15) is 10.8 Å². The summed E-state index contributed by atoms with van der Waals surface area (Å²) in [5, 5.41) is 4.48. The molecule has 0 spiro atoms. The number of benzene rings is 2. The van der Waals surface area contributed by atoms with E-state index >= 15 is 0 Å². The molecule has 0 unspecified atom stereocenters. The molecule has 5 nitrogen and oxygen atoms in total. The molecule has 2 aromatic carbocycles. The van der Waals surface area contributed by atoms with E-state index in [4.69, 9.17) is 4.74 Å². The van der Waals surface area contributed by atoms with E-state index in [0.717, 1.165) is 35.5 Å². The average molecular weight is 498 g/mol. The summed E-state index contributed by atoms with van der Waals surface area (Å²) in [6.45, 7) is 4.74. The molecule has 0 fully saturated rings. The highest BCUT2D eigenvalue weighted by Gasteiger charge is 2.36. The van der Waals surface area contributed by atoms with Crippen LogP contribution in [0.15, 0.2) is 60.8 Å². The molecule has 6 rings (SSSR count). The van der Waals surface area contributed by atoms with Crippen LogP contribution >= 0.6 is 11.3 Å². The number of hydrogen-bond donors (Lipinski definition) is 1. The van der Waals surface area contributed by atoms with E-state index in [-0.39, 0.29) is 12.1 Å². The van der Waals surface area contributed by atoms with Crippen molar-refractivity contribution in [3.63, 3.8) is 0 Å². The molecule has 36 heavy (non-hydrogen) atoms. The van der Waals surface area contributed by atoms with Gasteiger partial charge in [-0.1, -0.05) is 18.2 Å². The molecular weight excluding hydrogens is 466 g/mol. The number of nitrogens with zero attached hydrogens (tertiary/aromatic N) is 2. The third-order valence-electron chi connectivity index (χ3n) is 7.63. The highest BCUT2D eigenvalue weighted by Crippen LogP contribution is 2.44. The Morgan fingerprint density at radius 2 is 1.81 bits per heavy atom. The number of fused-ring (bicyclic) bond motifs is 5. The van der Waals surface area contributed by atoms with Crippen molar-refractivity contribution < 1.29 is 9.53 Å². The predicted molar refractivity (Wildman–Crippen MR) is 146 cm³/mol. The van der Waals surface area contributed by atoms with Crippen molar-refractivity contribution in [2.24, 2.45) is 0 Å². The summed E-state index contributed by atoms with van der Waals surface area (Å²) in [5.41, 5.74) is 8.13. The van der Waals surface area contributed by atoms with E-state index in [1.807, 2.05) is 40.5 Å². The van der Waals surface area contributed by atoms with Crippen molar-refractivity contribution >= 4 is 23.1 Å². The van der Waals surface area contributed by atoms with Crippen LogP contribution in [0.1, 0.15) is 57.3 Å². The molecule has 1 atom stereocenters. The Kier molecular flexibility index (Phi) is 5.84. The molecular formula is C30H31N3O2S. The Bertz CT molecular complexity index is 1430. The maximum atomic E-state index is 14.0. The Hall–Kier alpha value is -3.51. The second kappa shape index (κ2) is 9.17. The van der Waals surface area contributed by atoms with E-state index in [0.29, 0.717) is 6.54 Å². The van der Waals surface area contributed by atoms with E-state index in [9.17, 15) is 4.79 Å². The van der Waals surface area contributed by atoms with Gasteiger partial charge in [0.05, 0.1) is 25.4 Å². The Morgan fingerprint density at radius 3 is 2.58 bits per heavy atom. The quantitative estimate of drug-likeness (QED) is 0.326. The van der Waals surface area contributed by atoms with E-state index in [2.05, 4.69) is 60.3 Å². The van der Waals surface area contributed by atoms with Crippen LogP contribution in [0.5, 0.6) is 5.75 Å². The fourth-order valence-corrected chi connectivity index (χ4v) is 6.94. The molecule has 1 aliphatic carbocycles. The molecule has 2 aliphatic rings. The summed E-state index contributed by atoms with van der Waals surface area (Å²) in [4.78, 5) is 17.5. The summed E-state index contributed by atoms with van der Waals surface area (Å²) in [6, 6.07) is 18.1. The first-order valence-corrected chi connectivity index (χ1v) is 13.4. The molecule has 2 amide bonds. The molecule has 6 heteroatoms. The molecule has 2 aromatic heterocycles. The maximum Gasteiger partial charge on any atom is 0.322 e. The number of anilines is 1. The summed E-state index contributed by atoms with van der Waals surface area (Å²) in [6.07, 6.45) is 6.84. The highest BCUT2D eigenvalue weighted by atomic mass is 32.1. The van der Waals surface area contributed by atoms with Crippen LogP contribution in [0.2, 0.25) is 0 Å². The number of aromatic nitrogens is 1. The second-order valence-electron chi connectivity index (χ2n) is 9.83. The van der Waals surface area contributed by atoms with Crippen molar-refractivity contribution in [3.05, 3.63) is 99.2 Å². The summed E-state index contributed by atoms with van der Waals surface area (Å²) in [7, 11) is 1.68. The topological polar surface area (TPSA) is 46.5 Å². The fourth-order valence-electron chi connectivity index (χ4n) is 5.54. The number of amides is 2. The largest absolute Gasteiger partial charge is 0.497 e. The zero-order chi connectivity index (χ0) is 24.8. The second-order valence-corrected chi connectivity index (χ2v) is 10.9. The van der Waals surface area contributed by atoms with Gasteiger partial charge in [0.2, 0.25) is 0 Å². The van der Waals surface area contributed by atoms with Gasteiger partial charge in [-0.15, -0.1) is 11.3 Å². The smallest absolute Gasteiger partial charge is 0.322 e. The number of rotatable bonds is 3. The van der Waals surface area contributed by atoms with Crippen LogP contribution in [-0.2, 0) is 19.4 Å². The SMILES string of the molecule is COc1ccc([C@@H]2c3cccn3-c3sc4c(c3CN2C(=O)Nc2ccc(C)c(C)c2)CCCC4)cc1. The van der Waals surface area contributed by atoms with Gasteiger partial charge in [0.15, 0.2) is 0 Å². The van der Waals surface area contributed by atoms with Gasteiger partial charge in [0, 0.05) is 22.3 Å². The van der Waals surface area contributed by atoms with Gasteiger partial charge in [-0.3, -0.25) is 0 Å². The maximum absolute atomic E-state index is 14.0. The number of hydrogen-bond acceptors (Lipinski definition) is 3. The molecule has 0 saturated carbocycles. The van der Waals surface area contributed by atoms with E-state index in [1.54, 1.807) is 7.11 Å². The zero-order valence-electron chi connectivity index (χ0n) is 21.0. The van der Waals surface area contributed by atoms with Crippen LogP contribution < -0.4 is 10.1 Å². The van der Waals surface area contributed by atoms with Crippen molar-refractivity contribution in [2.75, 3.05) is 12.4 Å². The van der Waals surface area contributed by atoms with Gasteiger partial charge in [-0.05, 0) is 98.2 Å². The lowest BCUT2D eigenvalue weighted by Crippen LogP contribution is -2.38. The number of urea groups is 1. The minimum atomic E-state index is -0.226. The molecule has 3 heterocycles. The molecule has 184 valence electrons. The minimum Gasteiger partial charge on any atom is -0.497 e. The third kappa shape index (κ3) is 3.90. The Balaban J connectivity index is 1.48. The molecule has 1 N–H and O–H groups in total. The number of carbonyl (C=O) groups is 1. The average Bonchev–Trinajstić information content (AvgIpc) is 3.48. The molecule has 0 saturated heterocycles. The lowest BCUT2D eigenvalue weighted by molar-refractivity contribution is 0.194. The Labute approximate surface area is 216 Å². The summed E-state index contributed by atoms with van der Waals surface area (Å²) in [5.74, 6) is 0.807. The van der Waals surface area contributed by atoms with Gasteiger partial charge >= 0.3 is 6.03 Å². The molecule has 4 aromatic rings. The number of aryl methyl sites for hydroxylation is 3. The predicted octanol–water partition coefficient (Wildman–Crippen LogP) is 7.18. The third-order valence-corrected chi connectivity index (χ3v) is 8.96. The number of carbonyl (C=O) groups excluding carboxylic acids is 1. The minimum absolute atomic E-state index is 0.0876. The number of methoxy groups -OCH3 is 1. The van der Waals surface area contributed by atoms with Crippen LogP contribution in [0.3, 0.4) is 0 Å². The normalized spacial score (nSPS) is 16.5. The first kappa shape index (κ1) is 22.9. The first-order valence-electron chi connectivity index (χ1n) is 12.6. The number of thiophene rings is 1. The highest BCUT2D eigenvalue weighted by molar-refractivity contribution is 7.15. The summed E-state index contributed by atoms with van der Waals surface area (Å²) >= 11 is 1.91. The van der Waals surface area contributed by atoms with Crippen LogP contribution in [0, 0.1) is 13.8 Å². The molecule has 1 aliphatic heterocycles. The van der Waals surface area contributed by atoms with Gasteiger partial charge in [-0.2, -0.15) is 0 Å². The van der Waals surface area contributed by atoms with Crippen molar-refractivity contribution in [3.8, 4) is 10.8 Å². The van der Waals surface area contributed by atoms with E-state index in [1.165, 1.54) is 45.0 Å². The lowest BCUT2D eigenvalue weighted by Gasteiger charge is -2.31. The number of nitrogens with one attached hydrogen (secondary N) is 1.